The van der Waals surface area contributed by atoms with Gasteiger partial charge in [0.2, 0.25) is 15.9 Å². The van der Waals surface area contributed by atoms with E-state index < -0.39 is 10.0 Å². The van der Waals surface area contributed by atoms with Gasteiger partial charge in [-0.15, -0.1) is 0 Å². The van der Waals surface area contributed by atoms with E-state index in [0.717, 1.165) is 6.42 Å². The zero-order valence-electron chi connectivity index (χ0n) is 14.1. The van der Waals surface area contributed by atoms with Crippen LogP contribution in [0.2, 0.25) is 0 Å². The molecule has 1 saturated heterocycles. The first-order chi connectivity index (χ1) is 12.6. The fourth-order valence-electron chi connectivity index (χ4n) is 3.07. The summed E-state index contributed by atoms with van der Waals surface area (Å²) < 4.78 is 44.2. The molecule has 2 aliphatic heterocycles. The molecule has 2 aromatic rings. The van der Waals surface area contributed by atoms with Crippen molar-refractivity contribution >= 4 is 10.0 Å². The second-order valence-electron chi connectivity index (χ2n) is 6.09. The minimum Gasteiger partial charge on any atom is -0.486 e. The molecule has 0 radical (unpaired) electrons. The number of hydrogen-bond acceptors (Lipinski definition) is 7. The summed E-state index contributed by atoms with van der Waals surface area (Å²) in [5.41, 5.74) is 0. The molecule has 8 nitrogen and oxygen atoms in total. The maximum Gasteiger partial charge on any atom is 0.243 e. The lowest BCUT2D eigenvalue weighted by Crippen LogP contribution is -2.44. The molecule has 0 aliphatic carbocycles. The van der Waals surface area contributed by atoms with Crippen LogP contribution < -0.4 is 14.2 Å². The number of nitrogens with zero attached hydrogens (tertiary/aromatic N) is 3. The van der Waals surface area contributed by atoms with Gasteiger partial charge in [0.1, 0.15) is 19.3 Å². The van der Waals surface area contributed by atoms with Gasteiger partial charge >= 0.3 is 0 Å². The van der Waals surface area contributed by atoms with E-state index in [-0.39, 0.29) is 17.5 Å². The highest BCUT2D eigenvalue weighted by Gasteiger charge is 2.32. The highest BCUT2D eigenvalue weighted by atomic mass is 32.2. The standard InChI is InChI=1S/C17H19N3O5S/c21-26(22,14-3-4-15-16(10-14)24-9-8-23-15)20-7-1-2-13(12-20)25-17-11-18-5-6-19-17/h3-6,10-11,13H,1-2,7-9,12H2/t13-/m1/s1. The third-order valence-electron chi connectivity index (χ3n) is 4.32. The summed E-state index contributed by atoms with van der Waals surface area (Å²) in [7, 11) is -3.64. The van der Waals surface area contributed by atoms with E-state index in [1.54, 1.807) is 24.5 Å². The van der Waals surface area contributed by atoms with Gasteiger partial charge in [-0.1, -0.05) is 0 Å². The number of fused-ring (bicyclic) bond motifs is 1. The highest BCUT2D eigenvalue weighted by molar-refractivity contribution is 7.89. The first kappa shape index (κ1) is 17.0. The molecule has 1 aromatic carbocycles. The predicted molar refractivity (Wildman–Crippen MR) is 91.9 cm³/mol. The quantitative estimate of drug-likeness (QED) is 0.797. The van der Waals surface area contributed by atoms with Crippen molar-refractivity contribution in [2.45, 2.75) is 23.8 Å². The van der Waals surface area contributed by atoms with Crippen molar-refractivity contribution in [1.29, 1.82) is 0 Å². The molecule has 4 rings (SSSR count). The molecule has 1 aromatic heterocycles. The second-order valence-corrected chi connectivity index (χ2v) is 8.03. The minimum atomic E-state index is -3.64. The SMILES string of the molecule is O=S(=O)(c1ccc2c(c1)OCCO2)N1CCC[C@@H](Oc2cnccn2)C1. The van der Waals surface area contributed by atoms with Crippen molar-refractivity contribution in [3.8, 4) is 17.4 Å². The summed E-state index contributed by atoms with van der Waals surface area (Å²) in [6, 6.07) is 4.71. The van der Waals surface area contributed by atoms with Crippen molar-refractivity contribution in [2.24, 2.45) is 0 Å². The van der Waals surface area contributed by atoms with Gasteiger partial charge in [-0.25, -0.2) is 13.4 Å². The van der Waals surface area contributed by atoms with Crippen LogP contribution >= 0.6 is 0 Å². The van der Waals surface area contributed by atoms with Crippen LogP contribution in [0.5, 0.6) is 17.4 Å². The number of ether oxygens (including phenoxy) is 3. The molecule has 0 bridgehead atoms. The minimum absolute atomic E-state index is 0.196. The monoisotopic (exact) mass is 377 g/mol. The van der Waals surface area contributed by atoms with Gasteiger partial charge < -0.3 is 14.2 Å². The molecule has 0 spiro atoms. The second kappa shape index (κ2) is 7.08. The van der Waals surface area contributed by atoms with Crippen LogP contribution in [0.1, 0.15) is 12.8 Å². The van der Waals surface area contributed by atoms with Gasteiger partial charge in [-0.2, -0.15) is 4.31 Å². The molecule has 0 saturated carbocycles. The van der Waals surface area contributed by atoms with E-state index in [4.69, 9.17) is 14.2 Å². The van der Waals surface area contributed by atoms with Gasteiger partial charge in [0, 0.05) is 25.0 Å². The molecule has 0 N–H and O–H groups in total. The zero-order valence-corrected chi connectivity index (χ0v) is 14.9. The van der Waals surface area contributed by atoms with Crippen LogP contribution in [0.4, 0.5) is 0 Å². The van der Waals surface area contributed by atoms with E-state index in [0.29, 0.717) is 43.6 Å². The molecule has 0 amide bonds. The molecular weight excluding hydrogens is 358 g/mol. The number of sulfonamides is 1. The van der Waals surface area contributed by atoms with Gasteiger partial charge in [0.25, 0.3) is 0 Å². The average molecular weight is 377 g/mol. The molecule has 1 atom stereocenters. The molecule has 138 valence electrons. The molecule has 1 fully saturated rings. The topological polar surface area (TPSA) is 90.9 Å². The zero-order chi connectivity index (χ0) is 18.0. The summed E-state index contributed by atoms with van der Waals surface area (Å²) in [5.74, 6) is 1.43. The normalized spacial score (nSPS) is 20.5. The smallest absolute Gasteiger partial charge is 0.243 e. The first-order valence-corrected chi connectivity index (χ1v) is 9.89. The average Bonchev–Trinajstić information content (AvgIpc) is 2.68. The fraction of sp³-hybridized carbons (Fsp3) is 0.412. The molecule has 0 unspecified atom stereocenters. The van der Waals surface area contributed by atoms with E-state index in [1.807, 2.05) is 0 Å². The molecule has 9 heteroatoms. The van der Waals surface area contributed by atoms with Gasteiger partial charge in [0.15, 0.2) is 11.5 Å². The van der Waals surface area contributed by atoms with E-state index >= 15 is 0 Å². The van der Waals surface area contributed by atoms with Crippen molar-refractivity contribution in [3.63, 3.8) is 0 Å². The third-order valence-corrected chi connectivity index (χ3v) is 6.18. The van der Waals surface area contributed by atoms with E-state index in [2.05, 4.69) is 9.97 Å². The molecular formula is C17H19N3O5S. The number of hydrogen-bond donors (Lipinski definition) is 0. The number of benzene rings is 1. The number of piperidine rings is 1. The first-order valence-electron chi connectivity index (χ1n) is 8.45. The fourth-order valence-corrected chi connectivity index (χ4v) is 4.60. The summed E-state index contributed by atoms with van der Waals surface area (Å²) in [6.45, 7) is 1.60. The van der Waals surface area contributed by atoms with Crippen molar-refractivity contribution < 1.29 is 22.6 Å². The Kier molecular flexibility index (Phi) is 4.64. The summed E-state index contributed by atoms with van der Waals surface area (Å²) in [5, 5.41) is 0. The Morgan fingerprint density at radius 2 is 2.00 bits per heavy atom. The lowest BCUT2D eigenvalue weighted by atomic mass is 10.1. The Hall–Kier alpha value is -2.39. The Balaban J connectivity index is 1.52. The summed E-state index contributed by atoms with van der Waals surface area (Å²) in [6.07, 6.45) is 5.86. The highest BCUT2D eigenvalue weighted by Crippen LogP contribution is 2.33. The molecule has 2 aliphatic rings. The maximum atomic E-state index is 13.0. The van der Waals surface area contributed by atoms with Crippen LogP contribution in [0.25, 0.3) is 0 Å². The van der Waals surface area contributed by atoms with Crippen molar-refractivity contribution in [3.05, 3.63) is 36.8 Å². The van der Waals surface area contributed by atoms with Crippen LogP contribution in [0, 0.1) is 0 Å². The van der Waals surface area contributed by atoms with Crippen LogP contribution in [0.3, 0.4) is 0 Å². The lowest BCUT2D eigenvalue weighted by Gasteiger charge is -2.32. The van der Waals surface area contributed by atoms with Crippen molar-refractivity contribution in [2.75, 3.05) is 26.3 Å². The van der Waals surface area contributed by atoms with E-state index in [9.17, 15) is 8.42 Å². The number of rotatable bonds is 4. The Labute approximate surface area is 151 Å². The van der Waals surface area contributed by atoms with Crippen molar-refractivity contribution in [1.82, 2.24) is 14.3 Å². The van der Waals surface area contributed by atoms with E-state index in [1.165, 1.54) is 16.6 Å². The maximum absolute atomic E-state index is 13.0. The summed E-state index contributed by atoms with van der Waals surface area (Å²) in [4.78, 5) is 8.24. The lowest BCUT2D eigenvalue weighted by molar-refractivity contribution is 0.124. The van der Waals surface area contributed by atoms with Gasteiger partial charge in [0.05, 0.1) is 17.6 Å². The third kappa shape index (κ3) is 3.45. The van der Waals surface area contributed by atoms with Gasteiger partial charge in [-0.3, -0.25) is 4.98 Å². The largest absolute Gasteiger partial charge is 0.486 e. The summed E-state index contributed by atoms with van der Waals surface area (Å²) >= 11 is 0. The van der Waals surface area contributed by atoms with Gasteiger partial charge in [-0.05, 0) is 25.0 Å². The number of aromatic nitrogens is 2. The predicted octanol–water partition coefficient (Wildman–Crippen LogP) is 1.48. The van der Waals surface area contributed by atoms with Crippen LogP contribution in [-0.4, -0.2) is 55.1 Å². The Morgan fingerprint density at radius 3 is 2.81 bits per heavy atom. The van der Waals surface area contributed by atoms with Crippen LogP contribution in [-0.2, 0) is 10.0 Å². The Bertz CT molecular complexity index is 875. The van der Waals surface area contributed by atoms with Crippen LogP contribution in [0.15, 0.2) is 41.7 Å². The molecule has 3 heterocycles. The molecule has 26 heavy (non-hydrogen) atoms. The Morgan fingerprint density at radius 1 is 1.15 bits per heavy atom.